The van der Waals surface area contributed by atoms with Gasteiger partial charge in [-0.15, -0.1) is 0 Å². The Labute approximate surface area is 108 Å². The molecule has 0 aromatic heterocycles. The molecule has 2 rings (SSSR count). The minimum Gasteiger partial charge on any atom is -0.490 e. The van der Waals surface area contributed by atoms with Gasteiger partial charge in [0.15, 0.2) is 11.5 Å². The predicted octanol–water partition coefficient (Wildman–Crippen LogP) is 1.71. The number of nitrogens with one attached hydrogen (secondary N) is 1. The highest BCUT2D eigenvalue weighted by atomic mass is 16.5. The second-order valence-corrected chi connectivity index (χ2v) is 4.52. The normalized spacial score (nSPS) is 16.1. The molecule has 0 amide bonds. The van der Waals surface area contributed by atoms with Gasteiger partial charge in [0.05, 0.1) is 19.3 Å². The predicted molar refractivity (Wildman–Crippen MR) is 70.1 cm³/mol. The highest BCUT2D eigenvalue weighted by molar-refractivity contribution is 5.43. The lowest BCUT2D eigenvalue weighted by molar-refractivity contribution is 0.167. The molecule has 1 unspecified atom stereocenters. The minimum absolute atomic E-state index is 0.273. The summed E-state index contributed by atoms with van der Waals surface area (Å²) in [4.78, 5) is 0. The first-order chi connectivity index (χ1) is 8.79. The van der Waals surface area contributed by atoms with Crippen LogP contribution in [-0.2, 0) is 6.54 Å². The van der Waals surface area contributed by atoms with Gasteiger partial charge in [-0.25, -0.2) is 0 Å². The zero-order chi connectivity index (χ0) is 12.8. The first-order valence-electron chi connectivity index (χ1n) is 6.57. The third-order valence-corrected chi connectivity index (χ3v) is 2.99. The van der Waals surface area contributed by atoms with Crippen LogP contribution < -0.4 is 14.8 Å². The standard InChI is InChI=1S/C14H21NO3/c1-2-12(16)10-15-9-11-4-5-13-14(8-11)18-7-3-6-17-13/h4-5,8,12,15-16H,2-3,6-7,9-10H2,1H3. The lowest BCUT2D eigenvalue weighted by Crippen LogP contribution is -2.25. The van der Waals surface area contributed by atoms with E-state index in [1.165, 1.54) is 0 Å². The number of hydrogen-bond donors (Lipinski definition) is 2. The molecule has 100 valence electrons. The Kier molecular flexibility index (Phi) is 4.84. The number of fused-ring (bicyclic) bond motifs is 1. The molecule has 4 heteroatoms. The van der Waals surface area contributed by atoms with E-state index in [1.54, 1.807) is 0 Å². The Morgan fingerprint density at radius 2 is 2.06 bits per heavy atom. The molecule has 18 heavy (non-hydrogen) atoms. The van der Waals surface area contributed by atoms with E-state index >= 15 is 0 Å². The Morgan fingerprint density at radius 1 is 1.28 bits per heavy atom. The second kappa shape index (κ2) is 6.61. The van der Waals surface area contributed by atoms with Crippen LogP contribution in [0.4, 0.5) is 0 Å². The Bertz CT molecular complexity index is 381. The summed E-state index contributed by atoms with van der Waals surface area (Å²) in [5.41, 5.74) is 1.14. The summed E-state index contributed by atoms with van der Waals surface area (Å²) in [6.07, 6.45) is 1.42. The monoisotopic (exact) mass is 251 g/mol. The van der Waals surface area contributed by atoms with Crippen LogP contribution in [0.1, 0.15) is 25.3 Å². The molecule has 0 saturated heterocycles. The third kappa shape index (κ3) is 3.62. The summed E-state index contributed by atoms with van der Waals surface area (Å²) >= 11 is 0. The van der Waals surface area contributed by atoms with Gasteiger partial charge in [-0.2, -0.15) is 0 Å². The van der Waals surface area contributed by atoms with Crippen LogP contribution in [0, 0.1) is 0 Å². The molecular formula is C14H21NO3. The van der Waals surface area contributed by atoms with Crippen LogP contribution in [0.3, 0.4) is 0 Å². The zero-order valence-corrected chi connectivity index (χ0v) is 10.8. The fraction of sp³-hybridized carbons (Fsp3) is 0.571. The molecule has 0 aliphatic carbocycles. The second-order valence-electron chi connectivity index (χ2n) is 4.52. The molecule has 4 nitrogen and oxygen atoms in total. The van der Waals surface area contributed by atoms with Gasteiger partial charge in [-0.1, -0.05) is 13.0 Å². The van der Waals surface area contributed by atoms with Crippen molar-refractivity contribution in [3.63, 3.8) is 0 Å². The Hall–Kier alpha value is -1.26. The van der Waals surface area contributed by atoms with Gasteiger partial charge >= 0.3 is 0 Å². The third-order valence-electron chi connectivity index (χ3n) is 2.99. The molecule has 0 bridgehead atoms. The van der Waals surface area contributed by atoms with Crippen LogP contribution in [-0.4, -0.2) is 31.0 Å². The van der Waals surface area contributed by atoms with E-state index < -0.39 is 0 Å². The lowest BCUT2D eigenvalue weighted by Gasteiger charge is -2.11. The number of aliphatic hydroxyl groups is 1. The molecular weight excluding hydrogens is 230 g/mol. The Morgan fingerprint density at radius 3 is 2.83 bits per heavy atom. The van der Waals surface area contributed by atoms with Gasteiger partial charge in [0, 0.05) is 19.5 Å². The highest BCUT2D eigenvalue weighted by Gasteiger charge is 2.10. The van der Waals surface area contributed by atoms with Crippen molar-refractivity contribution in [3.8, 4) is 11.5 Å². The molecule has 1 aromatic carbocycles. The van der Waals surface area contributed by atoms with Crippen LogP contribution in [0.2, 0.25) is 0 Å². The van der Waals surface area contributed by atoms with E-state index in [2.05, 4.69) is 5.32 Å². The largest absolute Gasteiger partial charge is 0.490 e. The molecule has 1 atom stereocenters. The number of rotatable bonds is 5. The van der Waals surface area contributed by atoms with Gasteiger partial charge in [-0.3, -0.25) is 0 Å². The summed E-state index contributed by atoms with van der Waals surface area (Å²) in [5.74, 6) is 1.65. The smallest absolute Gasteiger partial charge is 0.161 e. The summed E-state index contributed by atoms with van der Waals surface area (Å²) in [6.45, 7) is 4.74. The van der Waals surface area contributed by atoms with Gasteiger partial charge in [-0.05, 0) is 24.1 Å². The van der Waals surface area contributed by atoms with Crippen molar-refractivity contribution >= 4 is 0 Å². The summed E-state index contributed by atoms with van der Waals surface area (Å²) in [6, 6.07) is 5.98. The average Bonchev–Trinajstić information content (AvgIpc) is 2.63. The molecule has 1 heterocycles. The maximum Gasteiger partial charge on any atom is 0.161 e. The minimum atomic E-state index is -0.273. The van der Waals surface area contributed by atoms with Gasteiger partial charge in [0.25, 0.3) is 0 Å². The summed E-state index contributed by atoms with van der Waals surface area (Å²) < 4.78 is 11.2. The zero-order valence-electron chi connectivity index (χ0n) is 10.8. The first-order valence-corrected chi connectivity index (χ1v) is 6.57. The van der Waals surface area contributed by atoms with Crippen molar-refractivity contribution in [2.75, 3.05) is 19.8 Å². The van der Waals surface area contributed by atoms with E-state index in [0.29, 0.717) is 19.8 Å². The lowest BCUT2D eigenvalue weighted by atomic mass is 10.2. The quantitative estimate of drug-likeness (QED) is 0.836. The van der Waals surface area contributed by atoms with Crippen molar-refractivity contribution in [1.29, 1.82) is 0 Å². The van der Waals surface area contributed by atoms with Crippen molar-refractivity contribution < 1.29 is 14.6 Å². The van der Waals surface area contributed by atoms with Gasteiger partial charge < -0.3 is 19.9 Å². The molecule has 2 N–H and O–H groups in total. The number of hydrogen-bond acceptors (Lipinski definition) is 4. The van der Waals surface area contributed by atoms with Crippen LogP contribution in [0.25, 0.3) is 0 Å². The average molecular weight is 251 g/mol. The summed E-state index contributed by atoms with van der Waals surface area (Å²) in [5, 5.41) is 12.7. The van der Waals surface area contributed by atoms with Crippen molar-refractivity contribution in [3.05, 3.63) is 23.8 Å². The van der Waals surface area contributed by atoms with Crippen LogP contribution >= 0.6 is 0 Å². The SMILES string of the molecule is CCC(O)CNCc1ccc2c(c1)OCCCO2. The van der Waals surface area contributed by atoms with Crippen LogP contribution in [0.15, 0.2) is 18.2 Å². The number of benzene rings is 1. The van der Waals surface area contributed by atoms with Crippen LogP contribution in [0.5, 0.6) is 11.5 Å². The first kappa shape index (κ1) is 13.2. The van der Waals surface area contributed by atoms with E-state index in [0.717, 1.165) is 36.4 Å². The van der Waals surface area contributed by atoms with E-state index in [-0.39, 0.29) is 6.10 Å². The molecule has 1 aliphatic heterocycles. The van der Waals surface area contributed by atoms with E-state index in [9.17, 15) is 5.11 Å². The molecule has 1 aliphatic rings. The Balaban J connectivity index is 1.91. The fourth-order valence-corrected chi connectivity index (χ4v) is 1.85. The number of ether oxygens (including phenoxy) is 2. The van der Waals surface area contributed by atoms with E-state index in [1.807, 2.05) is 25.1 Å². The van der Waals surface area contributed by atoms with Crippen molar-refractivity contribution in [2.45, 2.75) is 32.4 Å². The van der Waals surface area contributed by atoms with Crippen molar-refractivity contribution in [2.24, 2.45) is 0 Å². The topological polar surface area (TPSA) is 50.7 Å². The van der Waals surface area contributed by atoms with Crippen molar-refractivity contribution in [1.82, 2.24) is 5.32 Å². The molecule has 0 spiro atoms. The summed E-state index contributed by atoms with van der Waals surface area (Å²) in [7, 11) is 0. The van der Waals surface area contributed by atoms with Gasteiger partial charge in [0.2, 0.25) is 0 Å². The number of aliphatic hydroxyl groups excluding tert-OH is 1. The van der Waals surface area contributed by atoms with E-state index in [4.69, 9.17) is 9.47 Å². The van der Waals surface area contributed by atoms with Gasteiger partial charge in [0.1, 0.15) is 0 Å². The fourth-order valence-electron chi connectivity index (χ4n) is 1.85. The maximum absolute atomic E-state index is 9.46. The molecule has 0 fully saturated rings. The highest BCUT2D eigenvalue weighted by Crippen LogP contribution is 2.30. The maximum atomic E-state index is 9.46. The molecule has 0 radical (unpaired) electrons. The molecule has 0 saturated carbocycles. The molecule has 1 aromatic rings.